The van der Waals surface area contributed by atoms with Crippen molar-refractivity contribution in [2.24, 2.45) is 0 Å². The van der Waals surface area contributed by atoms with E-state index in [1.807, 2.05) is 0 Å². The Hall–Kier alpha value is -1.39. The maximum atomic E-state index is 5.52. The van der Waals surface area contributed by atoms with Gasteiger partial charge < -0.3 is 9.55 Å². The van der Waals surface area contributed by atoms with Crippen molar-refractivity contribution in [1.29, 1.82) is 0 Å². The van der Waals surface area contributed by atoms with Gasteiger partial charge in [0.2, 0.25) is 0 Å². The summed E-state index contributed by atoms with van der Waals surface area (Å²) in [4.78, 5) is 5.88. The molecule has 1 aliphatic heterocycles. The molecule has 0 fully saturated rings. The number of imidazole rings is 1. The number of nitrogens with one attached hydrogen (secondary N) is 1. The topological polar surface area (TPSA) is 24.0 Å². The minimum Gasteiger partial charge on any atom is -0.331 e. The number of allylic oxidation sites excluding steroid dienone is 1. The summed E-state index contributed by atoms with van der Waals surface area (Å²) in [6, 6.07) is 4.82. The van der Waals surface area contributed by atoms with Crippen molar-refractivity contribution >= 4 is 23.3 Å². The summed E-state index contributed by atoms with van der Waals surface area (Å²) >= 11 is 5.52. The fraction of sp³-hybridized carbons (Fsp3) is 0.471. The predicted molar refractivity (Wildman–Crippen MR) is 91.2 cm³/mol. The second-order valence-corrected chi connectivity index (χ2v) is 6.74. The van der Waals surface area contributed by atoms with Gasteiger partial charge >= 0.3 is 0 Å². The Kier molecular flexibility index (Phi) is 3.76. The molecule has 0 saturated carbocycles. The quantitative estimate of drug-likeness (QED) is 0.664. The minimum atomic E-state index is 0.470. The summed E-state index contributed by atoms with van der Waals surface area (Å²) in [7, 11) is 0. The van der Waals surface area contributed by atoms with Crippen LogP contribution in [-0.2, 0) is 13.1 Å². The van der Waals surface area contributed by atoms with Crippen molar-refractivity contribution in [2.75, 3.05) is 6.54 Å². The highest BCUT2D eigenvalue weighted by atomic mass is 32.1. The van der Waals surface area contributed by atoms with Crippen LogP contribution in [-0.4, -0.2) is 27.0 Å². The highest BCUT2D eigenvalue weighted by Crippen LogP contribution is 2.28. The highest BCUT2D eigenvalue weighted by Gasteiger charge is 2.23. The summed E-state index contributed by atoms with van der Waals surface area (Å²) in [6.07, 6.45) is 2.31. The molecule has 1 atom stereocenters. The molecule has 21 heavy (non-hydrogen) atoms. The Bertz CT molecular complexity index is 762. The first-order chi connectivity index (χ1) is 9.97. The SMILES string of the molecule is CC(C)=CCN1Cc2c(C)ccc3[nH]c(=S)n(c23)CC1C. The summed E-state index contributed by atoms with van der Waals surface area (Å²) in [5.41, 5.74) is 6.59. The predicted octanol–water partition coefficient (Wildman–Crippen LogP) is 4.18. The molecule has 1 N–H and O–H groups in total. The van der Waals surface area contributed by atoms with Crippen molar-refractivity contribution in [3.63, 3.8) is 0 Å². The molecule has 2 aromatic rings. The summed E-state index contributed by atoms with van der Waals surface area (Å²) in [6.45, 7) is 11.8. The third kappa shape index (κ3) is 2.58. The van der Waals surface area contributed by atoms with Crippen molar-refractivity contribution in [2.45, 2.75) is 46.8 Å². The van der Waals surface area contributed by atoms with Crippen molar-refractivity contribution in [3.05, 3.63) is 39.7 Å². The normalized spacial score (nSPS) is 18.8. The van der Waals surface area contributed by atoms with Crippen LogP contribution in [0.5, 0.6) is 0 Å². The fourth-order valence-electron chi connectivity index (χ4n) is 3.09. The van der Waals surface area contributed by atoms with Crippen molar-refractivity contribution < 1.29 is 0 Å². The van der Waals surface area contributed by atoms with Gasteiger partial charge in [0, 0.05) is 25.7 Å². The van der Waals surface area contributed by atoms with Crippen LogP contribution in [0.4, 0.5) is 0 Å². The van der Waals surface area contributed by atoms with Crippen molar-refractivity contribution in [3.8, 4) is 0 Å². The third-order valence-electron chi connectivity index (χ3n) is 4.44. The lowest BCUT2D eigenvalue weighted by atomic mass is 10.1. The first kappa shape index (κ1) is 14.5. The van der Waals surface area contributed by atoms with Crippen LogP contribution in [0.25, 0.3) is 11.0 Å². The molecule has 0 amide bonds. The van der Waals surface area contributed by atoms with E-state index < -0.39 is 0 Å². The molecule has 3 rings (SSSR count). The number of nitrogens with zero attached hydrogens (tertiary/aromatic N) is 2. The molecular formula is C17H23N3S. The zero-order chi connectivity index (χ0) is 15.1. The molecule has 1 aromatic heterocycles. The van der Waals surface area contributed by atoms with E-state index in [1.54, 1.807) is 0 Å². The van der Waals surface area contributed by atoms with E-state index in [1.165, 1.54) is 22.2 Å². The molecule has 0 saturated heterocycles. The van der Waals surface area contributed by atoms with Crippen molar-refractivity contribution in [1.82, 2.24) is 14.5 Å². The monoisotopic (exact) mass is 301 g/mol. The van der Waals surface area contributed by atoms with Crippen LogP contribution in [0.3, 0.4) is 0 Å². The maximum absolute atomic E-state index is 5.52. The van der Waals surface area contributed by atoms with E-state index in [0.29, 0.717) is 6.04 Å². The van der Waals surface area contributed by atoms with Crippen LogP contribution in [0.1, 0.15) is 31.9 Å². The molecule has 0 aliphatic carbocycles. The van der Waals surface area contributed by atoms with Crippen LogP contribution in [0, 0.1) is 11.7 Å². The Labute approximate surface area is 131 Å². The molecule has 0 spiro atoms. The smallest absolute Gasteiger partial charge is 0.178 e. The highest BCUT2D eigenvalue weighted by molar-refractivity contribution is 7.71. The number of aromatic nitrogens is 2. The Morgan fingerprint density at radius 3 is 2.90 bits per heavy atom. The van der Waals surface area contributed by atoms with Gasteiger partial charge in [0.1, 0.15) is 0 Å². The number of H-pyrrole nitrogens is 1. The first-order valence-electron chi connectivity index (χ1n) is 7.55. The largest absolute Gasteiger partial charge is 0.331 e. The van der Waals surface area contributed by atoms with E-state index in [9.17, 15) is 0 Å². The van der Waals surface area contributed by atoms with E-state index in [-0.39, 0.29) is 0 Å². The number of aryl methyl sites for hydroxylation is 1. The molecule has 1 aliphatic rings. The second-order valence-electron chi connectivity index (χ2n) is 6.36. The maximum Gasteiger partial charge on any atom is 0.178 e. The lowest BCUT2D eigenvalue weighted by molar-refractivity contribution is 0.210. The first-order valence-corrected chi connectivity index (χ1v) is 7.96. The van der Waals surface area contributed by atoms with Crippen LogP contribution in [0.15, 0.2) is 23.8 Å². The lowest BCUT2D eigenvalue weighted by Crippen LogP contribution is -2.34. The van der Waals surface area contributed by atoms with Gasteiger partial charge in [-0.15, -0.1) is 0 Å². The van der Waals surface area contributed by atoms with Gasteiger partial charge in [0.25, 0.3) is 0 Å². The van der Waals surface area contributed by atoms with Gasteiger partial charge in [-0.05, 0) is 57.1 Å². The Morgan fingerprint density at radius 2 is 2.19 bits per heavy atom. The van der Waals surface area contributed by atoms with Gasteiger partial charge in [-0.3, -0.25) is 4.90 Å². The van der Waals surface area contributed by atoms with Gasteiger partial charge in [-0.1, -0.05) is 17.7 Å². The molecule has 1 unspecified atom stereocenters. The second kappa shape index (κ2) is 5.43. The number of benzene rings is 1. The number of hydrogen-bond acceptors (Lipinski definition) is 2. The average Bonchev–Trinajstić information content (AvgIpc) is 2.64. The fourth-order valence-corrected chi connectivity index (χ4v) is 3.36. The standard InChI is InChI=1S/C17H23N3S/c1-11(2)7-8-19-10-14-12(3)5-6-15-16(14)20(9-13(19)4)17(21)18-15/h5-7,13H,8-10H2,1-4H3,(H,18,21). The van der Waals surface area contributed by atoms with E-state index in [2.05, 4.69) is 60.4 Å². The van der Waals surface area contributed by atoms with Crippen LogP contribution in [0.2, 0.25) is 0 Å². The zero-order valence-electron chi connectivity index (χ0n) is 13.2. The van der Waals surface area contributed by atoms with Crippen LogP contribution < -0.4 is 0 Å². The lowest BCUT2D eigenvalue weighted by Gasteiger charge is -2.26. The molecule has 0 radical (unpaired) electrons. The molecule has 4 heteroatoms. The summed E-state index contributed by atoms with van der Waals surface area (Å²) in [5.74, 6) is 0. The van der Waals surface area contributed by atoms with Gasteiger partial charge in [0.15, 0.2) is 4.77 Å². The molecule has 1 aromatic carbocycles. The number of aromatic amines is 1. The Balaban J connectivity index is 2.12. The van der Waals surface area contributed by atoms with Crippen LogP contribution >= 0.6 is 12.2 Å². The van der Waals surface area contributed by atoms with Gasteiger partial charge in [-0.2, -0.15) is 0 Å². The minimum absolute atomic E-state index is 0.470. The third-order valence-corrected chi connectivity index (χ3v) is 4.76. The number of rotatable bonds is 2. The molecular weight excluding hydrogens is 278 g/mol. The van der Waals surface area contributed by atoms with E-state index in [0.717, 1.165) is 29.9 Å². The molecule has 0 bridgehead atoms. The average molecular weight is 301 g/mol. The molecule has 3 nitrogen and oxygen atoms in total. The number of hydrogen-bond donors (Lipinski definition) is 1. The Morgan fingerprint density at radius 1 is 1.43 bits per heavy atom. The van der Waals surface area contributed by atoms with Gasteiger partial charge in [-0.25, -0.2) is 0 Å². The molecule has 2 heterocycles. The van der Waals surface area contributed by atoms with E-state index in [4.69, 9.17) is 12.2 Å². The zero-order valence-corrected chi connectivity index (χ0v) is 14.0. The van der Waals surface area contributed by atoms with E-state index >= 15 is 0 Å². The van der Waals surface area contributed by atoms with Gasteiger partial charge in [0.05, 0.1) is 11.0 Å². The summed E-state index contributed by atoms with van der Waals surface area (Å²) < 4.78 is 3.12. The summed E-state index contributed by atoms with van der Waals surface area (Å²) in [5, 5.41) is 0. The molecule has 112 valence electrons.